The Labute approximate surface area is 106 Å². The van der Waals surface area contributed by atoms with Crippen molar-refractivity contribution in [2.24, 2.45) is 17.3 Å². The highest BCUT2D eigenvalue weighted by Gasteiger charge is 2.58. The normalized spacial score (nSPS) is 31.5. The Morgan fingerprint density at radius 2 is 2.06 bits per heavy atom. The molecule has 0 bridgehead atoms. The van der Waals surface area contributed by atoms with E-state index in [0.717, 1.165) is 12.5 Å². The van der Waals surface area contributed by atoms with E-state index in [2.05, 4.69) is 26.5 Å². The lowest BCUT2D eigenvalue weighted by molar-refractivity contribution is -0.0374. The molecule has 3 atom stereocenters. The lowest BCUT2D eigenvalue weighted by Crippen LogP contribution is -2.07. The third-order valence-electron chi connectivity index (χ3n) is 4.37. The van der Waals surface area contributed by atoms with Crippen molar-refractivity contribution in [1.29, 1.82) is 0 Å². The second-order valence-corrected chi connectivity index (χ2v) is 5.30. The summed E-state index contributed by atoms with van der Waals surface area (Å²) >= 11 is 0. The summed E-state index contributed by atoms with van der Waals surface area (Å²) < 4.78 is 10.4. The molecule has 2 nitrogen and oxygen atoms in total. The number of methoxy groups -OCH3 is 1. The summed E-state index contributed by atoms with van der Waals surface area (Å²) in [6, 6.07) is 0. The molecule has 0 radical (unpaired) electrons. The second kappa shape index (κ2) is 7.17. The smallest absolute Gasteiger partial charge is 0.146 e. The molecule has 0 N–H and O–H groups in total. The molecular weight excluding hydrogens is 212 g/mol. The van der Waals surface area contributed by atoms with Crippen LogP contribution < -0.4 is 0 Å². The molecule has 2 heteroatoms. The monoisotopic (exact) mass is 240 g/mol. The Kier molecular flexibility index (Phi) is 6.21. The molecular formula is C15H28O2. The zero-order valence-corrected chi connectivity index (χ0v) is 11.7. The highest BCUT2D eigenvalue weighted by molar-refractivity contribution is 5.17. The largest absolute Gasteiger partial charge is 0.359 e. The van der Waals surface area contributed by atoms with Gasteiger partial charge >= 0.3 is 0 Å². The van der Waals surface area contributed by atoms with Crippen molar-refractivity contribution in [2.75, 3.05) is 20.5 Å². The summed E-state index contributed by atoms with van der Waals surface area (Å²) in [5.74, 6) is 1.37. The van der Waals surface area contributed by atoms with Crippen LogP contribution in [0.2, 0.25) is 0 Å². The SMILES string of the molecule is C=C[C@@]1(CCCCCC)[C@H](COCOC)[C@@H]1C. The van der Waals surface area contributed by atoms with Crippen LogP contribution in [-0.2, 0) is 9.47 Å². The van der Waals surface area contributed by atoms with Gasteiger partial charge in [0.2, 0.25) is 0 Å². The van der Waals surface area contributed by atoms with Crippen molar-refractivity contribution < 1.29 is 9.47 Å². The lowest BCUT2D eigenvalue weighted by Gasteiger charge is -2.13. The van der Waals surface area contributed by atoms with Crippen LogP contribution in [0.25, 0.3) is 0 Å². The van der Waals surface area contributed by atoms with Crippen LogP contribution in [0.5, 0.6) is 0 Å². The lowest BCUT2D eigenvalue weighted by atomic mass is 9.94. The van der Waals surface area contributed by atoms with E-state index in [1.807, 2.05) is 0 Å². The summed E-state index contributed by atoms with van der Waals surface area (Å²) in [7, 11) is 1.67. The predicted molar refractivity (Wildman–Crippen MR) is 71.9 cm³/mol. The minimum atomic E-state index is 0.349. The fraction of sp³-hybridized carbons (Fsp3) is 0.867. The zero-order chi connectivity index (χ0) is 12.7. The van der Waals surface area contributed by atoms with Crippen molar-refractivity contribution in [2.45, 2.75) is 46.0 Å². The first-order valence-electron chi connectivity index (χ1n) is 6.93. The van der Waals surface area contributed by atoms with Gasteiger partial charge in [-0.1, -0.05) is 45.6 Å². The Balaban J connectivity index is 2.29. The fourth-order valence-corrected chi connectivity index (χ4v) is 3.02. The topological polar surface area (TPSA) is 18.5 Å². The first-order chi connectivity index (χ1) is 8.22. The summed E-state index contributed by atoms with van der Waals surface area (Å²) in [6.45, 7) is 9.84. The summed E-state index contributed by atoms with van der Waals surface area (Å²) in [6.07, 6.45) is 8.78. The van der Waals surface area contributed by atoms with Gasteiger partial charge in [-0.05, 0) is 23.7 Å². The second-order valence-electron chi connectivity index (χ2n) is 5.30. The maximum atomic E-state index is 5.49. The number of ether oxygens (including phenoxy) is 2. The molecule has 1 rings (SSSR count). The maximum absolute atomic E-state index is 5.49. The highest BCUT2D eigenvalue weighted by Crippen LogP contribution is 2.62. The molecule has 0 aromatic heterocycles. The van der Waals surface area contributed by atoms with Crippen LogP contribution in [0, 0.1) is 17.3 Å². The van der Waals surface area contributed by atoms with Crippen LogP contribution in [-0.4, -0.2) is 20.5 Å². The standard InChI is InChI=1S/C15H28O2/c1-5-7-8-9-10-15(6-2)13(3)14(15)11-17-12-16-4/h6,13-14H,2,5,7-12H2,1,3-4H3/t13-,14+,15-/m0/s1. The fourth-order valence-electron chi connectivity index (χ4n) is 3.02. The van der Waals surface area contributed by atoms with Crippen molar-refractivity contribution in [3.8, 4) is 0 Å². The Hall–Kier alpha value is -0.340. The molecule has 1 fully saturated rings. The Morgan fingerprint density at radius 1 is 1.29 bits per heavy atom. The van der Waals surface area contributed by atoms with Crippen LogP contribution in [0.1, 0.15) is 46.0 Å². The van der Waals surface area contributed by atoms with Crippen molar-refractivity contribution in [1.82, 2.24) is 0 Å². The molecule has 0 aliphatic heterocycles. The number of hydrogen-bond donors (Lipinski definition) is 0. The van der Waals surface area contributed by atoms with E-state index >= 15 is 0 Å². The minimum absolute atomic E-state index is 0.349. The maximum Gasteiger partial charge on any atom is 0.146 e. The Bertz CT molecular complexity index is 227. The van der Waals surface area contributed by atoms with Crippen LogP contribution in [0.3, 0.4) is 0 Å². The van der Waals surface area contributed by atoms with E-state index in [4.69, 9.17) is 9.47 Å². The Morgan fingerprint density at radius 3 is 2.65 bits per heavy atom. The van der Waals surface area contributed by atoms with Gasteiger partial charge in [-0.2, -0.15) is 0 Å². The van der Waals surface area contributed by atoms with Gasteiger partial charge < -0.3 is 9.47 Å². The first kappa shape index (κ1) is 14.7. The number of hydrogen-bond acceptors (Lipinski definition) is 2. The number of unbranched alkanes of at least 4 members (excludes halogenated alkanes) is 3. The number of rotatable bonds is 10. The van der Waals surface area contributed by atoms with Crippen molar-refractivity contribution in [3.05, 3.63) is 12.7 Å². The van der Waals surface area contributed by atoms with Gasteiger partial charge in [0.1, 0.15) is 6.79 Å². The molecule has 1 saturated carbocycles. The average Bonchev–Trinajstić information content (AvgIpc) is 2.90. The van der Waals surface area contributed by atoms with E-state index in [1.165, 1.54) is 32.1 Å². The van der Waals surface area contributed by atoms with Crippen molar-refractivity contribution >= 4 is 0 Å². The summed E-state index contributed by atoms with van der Waals surface area (Å²) in [5.41, 5.74) is 0.349. The molecule has 0 heterocycles. The van der Waals surface area contributed by atoms with Crippen LogP contribution in [0.15, 0.2) is 12.7 Å². The minimum Gasteiger partial charge on any atom is -0.359 e. The molecule has 0 unspecified atom stereocenters. The summed E-state index contributed by atoms with van der Waals surface area (Å²) in [4.78, 5) is 0. The third kappa shape index (κ3) is 3.56. The third-order valence-corrected chi connectivity index (χ3v) is 4.37. The molecule has 0 saturated heterocycles. The predicted octanol–water partition coefficient (Wildman–Crippen LogP) is 4.02. The van der Waals surface area contributed by atoms with Gasteiger partial charge in [0.25, 0.3) is 0 Å². The zero-order valence-electron chi connectivity index (χ0n) is 11.7. The average molecular weight is 240 g/mol. The molecule has 1 aliphatic rings. The van der Waals surface area contributed by atoms with E-state index < -0.39 is 0 Å². The van der Waals surface area contributed by atoms with Crippen LogP contribution >= 0.6 is 0 Å². The van der Waals surface area contributed by atoms with E-state index in [9.17, 15) is 0 Å². The van der Waals surface area contributed by atoms with Gasteiger partial charge in [-0.15, -0.1) is 6.58 Å². The van der Waals surface area contributed by atoms with Gasteiger partial charge in [0.05, 0.1) is 6.61 Å². The van der Waals surface area contributed by atoms with Crippen molar-refractivity contribution in [3.63, 3.8) is 0 Å². The molecule has 1 aliphatic carbocycles. The quantitative estimate of drug-likeness (QED) is 0.326. The van der Waals surface area contributed by atoms with Crippen LogP contribution in [0.4, 0.5) is 0 Å². The molecule has 0 aromatic carbocycles. The van der Waals surface area contributed by atoms with E-state index in [-0.39, 0.29) is 0 Å². The summed E-state index contributed by atoms with van der Waals surface area (Å²) in [5, 5.41) is 0. The van der Waals surface area contributed by atoms with E-state index in [0.29, 0.717) is 18.1 Å². The molecule has 0 aromatic rings. The molecule has 100 valence electrons. The van der Waals surface area contributed by atoms with Gasteiger partial charge in [-0.3, -0.25) is 0 Å². The molecule has 17 heavy (non-hydrogen) atoms. The molecule has 0 spiro atoms. The van der Waals surface area contributed by atoms with E-state index in [1.54, 1.807) is 7.11 Å². The van der Waals surface area contributed by atoms with Gasteiger partial charge in [0, 0.05) is 7.11 Å². The highest BCUT2D eigenvalue weighted by atomic mass is 16.7. The van der Waals surface area contributed by atoms with Gasteiger partial charge in [-0.25, -0.2) is 0 Å². The number of allylic oxidation sites excluding steroid dienone is 1. The first-order valence-corrected chi connectivity index (χ1v) is 6.93. The molecule has 0 amide bonds. The van der Waals surface area contributed by atoms with Gasteiger partial charge in [0.15, 0.2) is 0 Å².